The molecule has 1 heterocycles. The maximum Gasteiger partial charge on any atom is 0.263 e. The van der Waals surface area contributed by atoms with Crippen molar-refractivity contribution >= 4 is 34.7 Å². The zero-order valence-corrected chi connectivity index (χ0v) is 12.8. The van der Waals surface area contributed by atoms with Gasteiger partial charge in [0.05, 0.1) is 11.8 Å². The number of amides is 1. The molecule has 1 aromatic rings. The van der Waals surface area contributed by atoms with Gasteiger partial charge in [-0.1, -0.05) is 6.92 Å². The Hall–Kier alpha value is -0.880. The number of ether oxygens (including phenoxy) is 1. The number of nitrogen functional groups attached to an aromatic ring is 1. The lowest BCUT2D eigenvalue weighted by molar-refractivity contribution is 0.0960. The summed E-state index contributed by atoms with van der Waals surface area (Å²) in [5.74, 6) is 1.45. The van der Waals surface area contributed by atoms with E-state index in [4.69, 9.17) is 10.5 Å². The topological polar surface area (TPSA) is 64.3 Å². The predicted molar refractivity (Wildman–Crippen MR) is 78.9 cm³/mol. The van der Waals surface area contributed by atoms with Crippen LogP contribution in [-0.4, -0.2) is 24.3 Å². The Morgan fingerprint density at radius 2 is 2.17 bits per heavy atom. The van der Waals surface area contributed by atoms with Crippen molar-refractivity contribution < 1.29 is 9.53 Å². The van der Waals surface area contributed by atoms with Crippen LogP contribution in [0.3, 0.4) is 0 Å². The van der Waals surface area contributed by atoms with Crippen molar-refractivity contribution in [3.05, 3.63) is 4.88 Å². The van der Waals surface area contributed by atoms with Gasteiger partial charge in [0.25, 0.3) is 5.91 Å². The first-order valence-corrected chi connectivity index (χ1v) is 7.81. The average molecular weight is 288 g/mol. The Morgan fingerprint density at radius 3 is 2.67 bits per heavy atom. The highest BCUT2D eigenvalue weighted by Gasteiger charge is 2.22. The highest BCUT2D eigenvalue weighted by Crippen LogP contribution is 2.44. The molecule has 0 saturated heterocycles. The molecule has 18 heavy (non-hydrogen) atoms. The second kappa shape index (κ2) is 6.89. The van der Waals surface area contributed by atoms with Crippen molar-refractivity contribution in [2.24, 2.45) is 0 Å². The zero-order chi connectivity index (χ0) is 13.7. The maximum absolute atomic E-state index is 11.9. The number of hydrogen-bond acceptors (Lipinski definition) is 5. The second-order valence-corrected chi connectivity index (χ2v) is 6.47. The number of anilines is 1. The van der Waals surface area contributed by atoms with Gasteiger partial charge in [-0.25, -0.2) is 0 Å². The Bertz CT molecular complexity index is 416. The van der Waals surface area contributed by atoms with Gasteiger partial charge in [0.2, 0.25) is 0 Å². The van der Waals surface area contributed by atoms with Crippen molar-refractivity contribution in [2.75, 3.05) is 18.0 Å². The van der Waals surface area contributed by atoms with Crippen LogP contribution >= 0.6 is 23.1 Å². The number of nitrogens with one attached hydrogen (secondary N) is 1. The average Bonchev–Trinajstić information content (AvgIpc) is 2.58. The number of nitrogens with two attached hydrogens (primary N) is 1. The molecule has 0 aliphatic carbocycles. The minimum atomic E-state index is -0.128. The number of thiophene rings is 1. The summed E-state index contributed by atoms with van der Waals surface area (Å²) in [7, 11) is 0. The van der Waals surface area contributed by atoms with Crippen molar-refractivity contribution in [1.29, 1.82) is 0 Å². The zero-order valence-electron chi connectivity index (χ0n) is 11.2. The number of carbonyl (C=O) groups excluding carboxylic acids is 1. The molecule has 0 radical (unpaired) electrons. The molecule has 102 valence electrons. The van der Waals surface area contributed by atoms with Crippen LogP contribution in [0.25, 0.3) is 0 Å². The third-order valence-corrected chi connectivity index (χ3v) is 4.36. The van der Waals surface area contributed by atoms with Crippen LogP contribution < -0.4 is 15.8 Å². The van der Waals surface area contributed by atoms with Crippen LogP contribution in [0.1, 0.15) is 37.4 Å². The van der Waals surface area contributed by atoms with Gasteiger partial charge >= 0.3 is 0 Å². The lowest BCUT2D eigenvalue weighted by atomic mass is 10.3. The van der Waals surface area contributed by atoms with E-state index in [9.17, 15) is 4.79 Å². The van der Waals surface area contributed by atoms with Gasteiger partial charge in [-0.15, -0.1) is 23.1 Å². The SMILES string of the molecule is CCNC(=O)c1sc(SCC)c(OC(C)C)c1N. The normalized spacial score (nSPS) is 10.7. The summed E-state index contributed by atoms with van der Waals surface area (Å²) in [6, 6.07) is 0. The van der Waals surface area contributed by atoms with Gasteiger partial charge in [-0.05, 0) is 26.5 Å². The fourth-order valence-electron chi connectivity index (χ4n) is 1.39. The molecule has 0 unspecified atom stereocenters. The summed E-state index contributed by atoms with van der Waals surface area (Å²) in [6.45, 7) is 8.43. The molecule has 0 fully saturated rings. The molecule has 0 aromatic carbocycles. The van der Waals surface area contributed by atoms with Gasteiger partial charge in [0.1, 0.15) is 9.09 Å². The summed E-state index contributed by atoms with van der Waals surface area (Å²) < 4.78 is 6.70. The van der Waals surface area contributed by atoms with Crippen molar-refractivity contribution in [3.63, 3.8) is 0 Å². The fourth-order valence-corrected chi connectivity index (χ4v) is 3.58. The van der Waals surface area contributed by atoms with Gasteiger partial charge in [0, 0.05) is 6.54 Å². The van der Waals surface area contributed by atoms with E-state index in [0.717, 1.165) is 9.96 Å². The van der Waals surface area contributed by atoms with E-state index >= 15 is 0 Å². The lowest BCUT2D eigenvalue weighted by Gasteiger charge is -2.11. The highest BCUT2D eigenvalue weighted by molar-refractivity contribution is 8.01. The third-order valence-electron chi connectivity index (χ3n) is 2.04. The summed E-state index contributed by atoms with van der Waals surface area (Å²) >= 11 is 3.05. The standard InChI is InChI=1S/C12H20N2O2S2/c1-5-14-11(15)10-8(13)9(16-7(3)4)12(18-10)17-6-2/h7H,5-6,13H2,1-4H3,(H,14,15). The van der Waals surface area contributed by atoms with Crippen molar-refractivity contribution in [2.45, 2.75) is 38.0 Å². The summed E-state index contributed by atoms with van der Waals surface area (Å²) in [6.07, 6.45) is 0.0418. The maximum atomic E-state index is 11.9. The van der Waals surface area contributed by atoms with Crippen LogP contribution in [0.2, 0.25) is 0 Å². The number of thioether (sulfide) groups is 1. The van der Waals surface area contributed by atoms with Gasteiger partial charge < -0.3 is 15.8 Å². The van der Waals surface area contributed by atoms with E-state index in [1.54, 1.807) is 11.8 Å². The van der Waals surface area contributed by atoms with E-state index in [1.807, 2.05) is 20.8 Å². The molecule has 3 N–H and O–H groups in total. The second-order valence-electron chi connectivity index (χ2n) is 3.92. The molecule has 6 heteroatoms. The summed E-state index contributed by atoms with van der Waals surface area (Å²) in [5.41, 5.74) is 6.48. The van der Waals surface area contributed by atoms with Crippen molar-refractivity contribution in [1.82, 2.24) is 5.32 Å². The van der Waals surface area contributed by atoms with E-state index in [0.29, 0.717) is 22.9 Å². The molecule has 1 rings (SSSR count). The number of hydrogen-bond donors (Lipinski definition) is 2. The van der Waals surface area contributed by atoms with Gasteiger partial charge in [-0.3, -0.25) is 4.79 Å². The first-order valence-electron chi connectivity index (χ1n) is 6.01. The van der Waals surface area contributed by atoms with Crippen LogP contribution in [0.15, 0.2) is 4.21 Å². The molecule has 0 spiro atoms. The van der Waals surface area contributed by atoms with E-state index in [-0.39, 0.29) is 12.0 Å². The molecular weight excluding hydrogens is 268 g/mol. The molecule has 0 aliphatic rings. The van der Waals surface area contributed by atoms with E-state index in [2.05, 4.69) is 12.2 Å². The molecule has 4 nitrogen and oxygen atoms in total. The Morgan fingerprint density at radius 1 is 1.50 bits per heavy atom. The Labute approximate surface area is 116 Å². The van der Waals surface area contributed by atoms with Crippen LogP contribution in [0, 0.1) is 0 Å². The van der Waals surface area contributed by atoms with E-state index < -0.39 is 0 Å². The smallest absolute Gasteiger partial charge is 0.263 e. The summed E-state index contributed by atoms with van der Waals surface area (Å²) in [4.78, 5) is 12.4. The third kappa shape index (κ3) is 3.55. The summed E-state index contributed by atoms with van der Waals surface area (Å²) in [5, 5.41) is 2.77. The van der Waals surface area contributed by atoms with Crippen LogP contribution in [0.4, 0.5) is 5.69 Å². The van der Waals surface area contributed by atoms with Gasteiger partial charge in [0.15, 0.2) is 5.75 Å². The Kier molecular flexibility index (Phi) is 5.81. The van der Waals surface area contributed by atoms with Crippen LogP contribution in [-0.2, 0) is 0 Å². The van der Waals surface area contributed by atoms with Gasteiger partial charge in [-0.2, -0.15) is 0 Å². The molecule has 0 aliphatic heterocycles. The number of rotatable bonds is 6. The Balaban J connectivity index is 3.10. The fraction of sp³-hybridized carbons (Fsp3) is 0.583. The molecule has 0 bridgehead atoms. The first-order chi connectivity index (χ1) is 8.51. The molecule has 0 atom stereocenters. The minimum Gasteiger partial charge on any atom is -0.487 e. The molecular formula is C12H20N2O2S2. The van der Waals surface area contributed by atoms with E-state index in [1.165, 1.54) is 11.3 Å². The highest BCUT2D eigenvalue weighted by atomic mass is 32.2. The molecule has 1 aromatic heterocycles. The molecule has 1 amide bonds. The minimum absolute atomic E-state index is 0.0418. The van der Waals surface area contributed by atoms with Crippen LogP contribution in [0.5, 0.6) is 5.75 Å². The molecule has 0 saturated carbocycles. The monoisotopic (exact) mass is 288 g/mol. The lowest BCUT2D eigenvalue weighted by Crippen LogP contribution is -2.22. The van der Waals surface area contributed by atoms with Crippen molar-refractivity contribution in [3.8, 4) is 5.75 Å². The first kappa shape index (κ1) is 15.2. The quantitative estimate of drug-likeness (QED) is 0.790. The largest absolute Gasteiger partial charge is 0.487 e. The number of carbonyl (C=O) groups is 1. The predicted octanol–water partition coefficient (Wildman–Crippen LogP) is 2.98.